The smallest absolute Gasteiger partial charge is 0.0109 e. The van der Waals surface area contributed by atoms with Crippen LogP contribution in [0.1, 0.15) is 33.1 Å². The second-order valence-corrected chi connectivity index (χ2v) is 2.39. The van der Waals surface area contributed by atoms with Gasteiger partial charge < -0.3 is 5.73 Å². The van der Waals surface area contributed by atoms with Crippen LogP contribution in [-0.4, -0.2) is 6.54 Å². The molecule has 0 aromatic heterocycles. The van der Waals surface area contributed by atoms with Crippen LogP contribution in [0.3, 0.4) is 0 Å². The second kappa shape index (κ2) is 5.83. The first-order valence-electron chi connectivity index (χ1n) is 3.67. The lowest BCUT2D eigenvalue weighted by Crippen LogP contribution is -1.94. The second-order valence-electron chi connectivity index (χ2n) is 2.39. The first-order chi connectivity index (χ1) is 4.31. The molecule has 0 heterocycles. The van der Waals surface area contributed by atoms with Gasteiger partial charge in [0.1, 0.15) is 0 Å². The van der Waals surface area contributed by atoms with Gasteiger partial charge in [-0.05, 0) is 19.8 Å². The van der Waals surface area contributed by atoms with Gasteiger partial charge in [0.25, 0.3) is 0 Å². The zero-order valence-electron chi connectivity index (χ0n) is 6.48. The van der Waals surface area contributed by atoms with Crippen LogP contribution in [0.25, 0.3) is 0 Å². The zero-order chi connectivity index (χ0) is 7.11. The lowest BCUT2D eigenvalue weighted by molar-refractivity contribution is 0.785. The Morgan fingerprint density at radius 1 is 1.56 bits per heavy atom. The molecule has 0 radical (unpaired) electrons. The van der Waals surface area contributed by atoms with E-state index in [1.54, 1.807) is 0 Å². The Labute approximate surface area is 57.9 Å². The van der Waals surface area contributed by atoms with Crippen molar-refractivity contribution in [2.45, 2.75) is 33.1 Å². The molecule has 0 saturated heterocycles. The van der Waals surface area contributed by atoms with Crippen LogP contribution in [0.4, 0.5) is 0 Å². The summed E-state index contributed by atoms with van der Waals surface area (Å²) >= 11 is 0. The summed E-state index contributed by atoms with van der Waals surface area (Å²) in [6.45, 7) is 5.04. The Kier molecular flexibility index (Phi) is 5.64. The summed E-state index contributed by atoms with van der Waals surface area (Å²) in [4.78, 5) is 0. The van der Waals surface area contributed by atoms with Gasteiger partial charge in [0.2, 0.25) is 0 Å². The SMILES string of the molecule is CCCC/C(C)=C/CN. The molecule has 0 unspecified atom stereocenters. The Bertz CT molecular complexity index is 84.6. The van der Waals surface area contributed by atoms with Gasteiger partial charge in [-0.2, -0.15) is 0 Å². The first-order valence-corrected chi connectivity index (χ1v) is 3.67. The highest BCUT2D eigenvalue weighted by molar-refractivity contribution is 4.97. The maximum atomic E-state index is 5.32. The van der Waals surface area contributed by atoms with E-state index < -0.39 is 0 Å². The first kappa shape index (κ1) is 8.70. The summed E-state index contributed by atoms with van der Waals surface area (Å²) in [6, 6.07) is 0. The van der Waals surface area contributed by atoms with Crippen LogP contribution in [-0.2, 0) is 0 Å². The summed E-state index contributed by atoms with van der Waals surface area (Å²) in [7, 11) is 0. The predicted octanol–water partition coefficient (Wildman–Crippen LogP) is 2.08. The summed E-state index contributed by atoms with van der Waals surface area (Å²) in [5, 5.41) is 0. The molecular formula is C8H17N. The number of unbranched alkanes of at least 4 members (excludes halogenated alkanes) is 1. The molecule has 0 aromatic carbocycles. The van der Waals surface area contributed by atoms with Crippen molar-refractivity contribution in [2.75, 3.05) is 6.54 Å². The fourth-order valence-electron chi connectivity index (χ4n) is 0.759. The molecule has 0 aromatic rings. The van der Waals surface area contributed by atoms with Gasteiger partial charge in [0, 0.05) is 6.54 Å². The number of hydrogen-bond acceptors (Lipinski definition) is 1. The third-order valence-corrected chi connectivity index (χ3v) is 1.39. The highest BCUT2D eigenvalue weighted by Crippen LogP contribution is 2.04. The normalized spacial score (nSPS) is 12.1. The molecule has 54 valence electrons. The highest BCUT2D eigenvalue weighted by Gasteiger charge is 1.85. The van der Waals surface area contributed by atoms with Crippen molar-refractivity contribution in [1.29, 1.82) is 0 Å². The molecule has 0 rings (SSSR count). The molecule has 0 amide bonds. The van der Waals surface area contributed by atoms with Gasteiger partial charge in [0.05, 0.1) is 0 Å². The Hall–Kier alpha value is -0.300. The van der Waals surface area contributed by atoms with E-state index in [1.165, 1.54) is 24.8 Å². The monoisotopic (exact) mass is 127 g/mol. The predicted molar refractivity (Wildman–Crippen MR) is 42.3 cm³/mol. The van der Waals surface area contributed by atoms with Crippen molar-refractivity contribution in [3.05, 3.63) is 11.6 Å². The number of hydrogen-bond donors (Lipinski definition) is 1. The third kappa shape index (κ3) is 5.57. The van der Waals surface area contributed by atoms with Crippen molar-refractivity contribution in [3.63, 3.8) is 0 Å². The van der Waals surface area contributed by atoms with Crippen LogP contribution in [0.5, 0.6) is 0 Å². The van der Waals surface area contributed by atoms with Crippen LogP contribution < -0.4 is 5.73 Å². The molecule has 0 saturated carbocycles. The topological polar surface area (TPSA) is 26.0 Å². The van der Waals surface area contributed by atoms with Gasteiger partial charge in [0.15, 0.2) is 0 Å². The van der Waals surface area contributed by atoms with E-state index >= 15 is 0 Å². The Morgan fingerprint density at radius 3 is 2.67 bits per heavy atom. The van der Waals surface area contributed by atoms with Crippen molar-refractivity contribution in [3.8, 4) is 0 Å². The highest BCUT2D eigenvalue weighted by atomic mass is 14.5. The van der Waals surface area contributed by atoms with E-state index in [0.29, 0.717) is 6.54 Å². The van der Waals surface area contributed by atoms with E-state index in [2.05, 4.69) is 19.9 Å². The zero-order valence-corrected chi connectivity index (χ0v) is 6.48. The van der Waals surface area contributed by atoms with E-state index in [-0.39, 0.29) is 0 Å². The fraction of sp³-hybridized carbons (Fsp3) is 0.750. The van der Waals surface area contributed by atoms with E-state index in [9.17, 15) is 0 Å². The van der Waals surface area contributed by atoms with Crippen LogP contribution in [0.2, 0.25) is 0 Å². The van der Waals surface area contributed by atoms with E-state index in [1.807, 2.05) is 0 Å². The fourth-order valence-corrected chi connectivity index (χ4v) is 0.759. The molecule has 0 spiro atoms. The van der Waals surface area contributed by atoms with E-state index in [0.717, 1.165) is 0 Å². The molecule has 0 aliphatic rings. The van der Waals surface area contributed by atoms with Crippen LogP contribution in [0.15, 0.2) is 11.6 Å². The molecule has 2 N–H and O–H groups in total. The Balaban J connectivity index is 3.25. The minimum atomic E-state index is 0.690. The molecule has 0 aliphatic heterocycles. The molecule has 0 fully saturated rings. The van der Waals surface area contributed by atoms with Crippen LogP contribution >= 0.6 is 0 Å². The summed E-state index contributed by atoms with van der Waals surface area (Å²) in [5.41, 5.74) is 6.75. The lowest BCUT2D eigenvalue weighted by atomic mass is 10.1. The number of allylic oxidation sites excluding steroid dienone is 1. The Morgan fingerprint density at radius 2 is 2.22 bits per heavy atom. The van der Waals surface area contributed by atoms with Crippen LogP contribution in [0, 0.1) is 0 Å². The van der Waals surface area contributed by atoms with Crippen molar-refractivity contribution in [1.82, 2.24) is 0 Å². The minimum absolute atomic E-state index is 0.690. The van der Waals surface area contributed by atoms with Gasteiger partial charge in [-0.1, -0.05) is 25.0 Å². The van der Waals surface area contributed by atoms with Crippen molar-refractivity contribution >= 4 is 0 Å². The van der Waals surface area contributed by atoms with Gasteiger partial charge in [-0.3, -0.25) is 0 Å². The molecule has 0 aliphatic carbocycles. The summed E-state index contributed by atoms with van der Waals surface area (Å²) in [6.07, 6.45) is 5.88. The van der Waals surface area contributed by atoms with Gasteiger partial charge in [-0.25, -0.2) is 0 Å². The largest absolute Gasteiger partial charge is 0.327 e. The van der Waals surface area contributed by atoms with Gasteiger partial charge >= 0.3 is 0 Å². The summed E-state index contributed by atoms with van der Waals surface area (Å²) < 4.78 is 0. The molecule has 0 atom stereocenters. The van der Waals surface area contributed by atoms with Crippen molar-refractivity contribution in [2.24, 2.45) is 5.73 Å². The average molecular weight is 127 g/mol. The molecular weight excluding hydrogens is 110 g/mol. The summed E-state index contributed by atoms with van der Waals surface area (Å²) in [5.74, 6) is 0. The van der Waals surface area contributed by atoms with E-state index in [4.69, 9.17) is 5.73 Å². The number of rotatable bonds is 4. The minimum Gasteiger partial charge on any atom is -0.327 e. The maximum Gasteiger partial charge on any atom is 0.0109 e. The molecule has 0 bridgehead atoms. The van der Waals surface area contributed by atoms with Gasteiger partial charge in [-0.15, -0.1) is 0 Å². The third-order valence-electron chi connectivity index (χ3n) is 1.39. The average Bonchev–Trinajstić information content (AvgIpc) is 1.85. The standard InChI is InChI=1S/C8H17N/c1-3-4-5-8(2)6-7-9/h6H,3-5,7,9H2,1-2H3/b8-6+. The van der Waals surface area contributed by atoms with Crippen molar-refractivity contribution < 1.29 is 0 Å². The quantitative estimate of drug-likeness (QED) is 0.575. The maximum absolute atomic E-state index is 5.32. The lowest BCUT2D eigenvalue weighted by Gasteiger charge is -1.96. The molecule has 1 heteroatoms. The molecule has 9 heavy (non-hydrogen) atoms. The molecule has 1 nitrogen and oxygen atoms in total. The number of nitrogens with two attached hydrogens (primary N) is 1.